The minimum absolute atomic E-state index is 0.000193. The molecule has 2 aliphatic heterocycles. The van der Waals surface area contributed by atoms with Crippen molar-refractivity contribution in [2.45, 2.75) is 36.9 Å². The molecule has 0 radical (unpaired) electrons. The number of hydrogen-bond acceptors (Lipinski definition) is 8. The summed E-state index contributed by atoms with van der Waals surface area (Å²) >= 11 is 0. The van der Waals surface area contributed by atoms with E-state index in [9.17, 15) is 31.5 Å². The zero-order valence-electron chi connectivity index (χ0n) is 15.7. The first-order valence-corrected chi connectivity index (χ1v) is 10.2. The molecule has 2 heterocycles. The van der Waals surface area contributed by atoms with Crippen LogP contribution in [0.4, 0.5) is 13.2 Å². The van der Waals surface area contributed by atoms with E-state index in [4.69, 9.17) is 25.7 Å². The van der Waals surface area contributed by atoms with E-state index >= 15 is 0 Å². The summed E-state index contributed by atoms with van der Waals surface area (Å²) in [4.78, 5) is 20.4. The number of carboxylic acids is 2. The van der Waals surface area contributed by atoms with Crippen molar-refractivity contribution in [1.82, 2.24) is 14.3 Å². The molecule has 8 N–H and O–H groups in total. The van der Waals surface area contributed by atoms with Crippen molar-refractivity contribution < 1.29 is 51.4 Å². The number of halogens is 3. The number of carboxylic acid groups (broad SMARTS) is 2. The third kappa shape index (κ3) is 7.33. The molecular formula is C13H24BF3N4O8S. The van der Waals surface area contributed by atoms with E-state index in [0.717, 1.165) is 4.31 Å². The number of nitrogens with zero attached hydrogens (tertiary/aromatic N) is 1. The van der Waals surface area contributed by atoms with Crippen LogP contribution in [0.2, 0.25) is 6.32 Å². The lowest BCUT2D eigenvalue weighted by atomic mass is 9.78. The Hall–Kier alpha value is -1.50. The first-order chi connectivity index (χ1) is 13.6. The normalized spacial score (nSPS) is 25.2. The van der Waals surface area contributed by atoms with Crippen LogP contribution in [-0.2, 0) is 19.8 Å². The molecule has 30 heavy (non-hydrogen) atoms. The van der Waals surface area contributed by atoms with Gasteiger partial charge in [0.1, 0.15) is 5.54 Å². The Morgan fingerprint density at radius 3 is 2.17 bits per heavy atom. The van der Waals surface area contributed by atoms with Crippen LogP contribution in [0, 0.1) is 5.92 Å². The molecule has 2 rings (SSSR count). The highest BCUT2D eigenvalue weighted by molar-refractivity contribution is 7.87. The fourth-order valence-electron chi connectivity index (χ4n) is 2.87. The van der Waals surface area contributed by atoms with Gasteiger partial charge in [0.15, 0.2) is 0 Å². The van der Waals surface area contributed by atoms with Gasteiger partial charge in [0.05, 0.1) is 0 Å². The third-order valence-corrected chi connectivity index (χ3v) is 6.27. The Balaban J connectivity index is 0.000000553. The maximum Gasteiger partial charge on any atom is 0.490 e. The predicted octanol–water partition coefficient (Wildman–Crippen LogP) is -2.61. The van der Waals surface area contributed by atoms with Gasteiger partial charge in [-0.3, -0.25) is 4.79 Å². The van der Waals surface area contributed by atoms with Crippen molar-refractivity contribution in [2.75, 3.05) is 26.2 Å². The number of carbonyl (C=O) groups is 2. The molecule has 12 nitrogen and oxygen atoms in total. The summed E-state index contributed by atoms with van der Waals surface area (Å²) in [5, 5.41) is 37.2. The molecule has 2 fully saturated rings. The zero-order chi connectivity index (χ0) is 23.3. The number of alkyl halides is 3. The number of nitrogens with one attached hydrogen (secondary N) is 2. The second kappa shape index (κ2) is 10.2. The Bertz CT molecular complexity index is 722. The summed E-state index contributed by atoms with van der Waals surface area (Å²) in [5.74, 6) is -4.60. The molecule has 0 bridgehead atoms. The Morgan fingerprint density at radius 2 is 1.80 bits per heavy atom. The smallest absolute Gasteiger partial charge is 0.480 e. The van der Waals surface area contributed by atoms with Crippen molar-refractivity contribution in [3.05, 3.63) is 0 Å². The monoisotopic (exact) mass is 464 g/mol. The maximum absolute atomic E-state index is 12.3. The molecule has 0 saturated carbocycles. The standard InChI is InChI=1S/C11H23BN4O6S.C2HF3O2/c13-11(10(17)18)7-16(6-8(11)2-1-3-12(19)20)23(21,22)15-9-4-14-5-9;3-2(4,5)1(6)7/h8-9,14-15,19-20H,1-7,13H2,(H,17,18);(H,6,7)/t8-,11-;/m1./s1. The molecule has 174 valence electrons. The van der Waals surface area contributed by atoms with Crippen molar-refractivity contribution in [1.29, 1.82) is 0 Å². The van der Waals surface area contributed by atoms with E-state index in [2.05, 4.69) is 10.0 Å². The fraction of sp³-hybridized carbons (Fsp3) is 0.846. The minimum Gasteiger partial charge on any atom is -0.480 e. The number of aliphatic carboxylic acids is 2. The van der Waals surface area contributed by atoms with Gasteiger partial charge in [-0.05, 0) is 12.7 Å². The van der Waals surface area contributed by atoms with Crippen LogP contribution >= 0.6 is 0 Å². The van der Waals surface area contributed by atoms with Gasteiger partial charge in [-0.15, -0.1) is 0 Å². The Kier molecular flexibility index (Phi) is 9.03. The van der Waals surface area contributed by atoms with Gasteiger partial charge in [0.25, 0.3) is 10.2 Å². The van der Waals surface area contributed by atoms with Gasteiger partial charge < -0.3 is 31.3 Å². The topological polar surface area (TPSA) is 203 Å². The maximum atomic E-state index is 12.3. The molecule has 0 aliphatic carbocycles. The number of rotatable bonds is 8. The highest BCUT2D eigenvalue weighted by atomic mass is 32.2. The van der Waals surface area contributed by atoms with Crippen LogP contribution in [0.1, 0.15) is 12.8 Å². The minimum atomic E-state index is -5.08. The average Bonchev–Trinajstić information content (AvgIpc) is 2.90. The lowest BCUT2D eigenvalue weighted by Gasteiger charge is -2.30. The van der Waals surface area contributed by atoms with Gasteiger partial charge >= 0.3 is 25.2 Å². The second-order valence-corrected chi connectivity index (χ2v) is 8.73. The molecule has 0 aromatic rings. The summed E-state index contributed by atoms with van der Waals surface area (Å²) in [5.41, 5.74) is 4.28. The van der Waals surface area contributed by atoms with Crippen LogP contribution in [-0.4, -0.2) is 96.0 Å². The average molecular weight is 464 g/mol. The highest BCUT2D eigenvalue weighted by Gasteiger charge is 2.52. The second-order valence-electron chi connectivity index (χ2n) is 7.03. The summed E-state index contributed by atoms with van der Waals surface area (Å²) in [6, 6.07) is -0.194. The fourth-order valence-corrected chi connectivity index (χ4v) is 4.37. The molecule has 0 spiro atoms. The molecule has 2 saturated heterocycles. The Morgan fingerprint density at radius 1 is 1.27 bits per heavy atom. The molecule has 0 aromatic heterocycles. The predicted molar refractivity (Wildman–Crippen MR) is 96.3 cm³/mol. The molecule has 2 aliphatic rings. The van der Waals surface area contributed by atoms with Crippen LogP contribution in [0.3, 0.4) is 0 Å². The third-order valence-electron chi connectivity index (χ3n) is 4.68. The van der Waals surface area contributed by atoms with Crippen molar-refractivity contribution in [2.24, 2.45) is 11.7 Å². The van der Waals surface area contributed by atoms with E-state index in [1.165, 1.54) is 0 Å². The zero-order valence-corrected chi connectivity index (χ0v) is 16.5. The Labute approximate surface area is 170 Å². The first-order valence-electron chi connectivity index (χ1n) is 8.76. The first kappa shape index (κ1) is 26.5. The summed E-state index contributed by atoms with van der Waals surface area (Å²) < 4.78 is 60.0. The SMILES string of the molecule is N[C@]1(C(=O)O)CN(S(=O)(=O)NC2CNC2)C[C@H]1CCCB(O)O.O=C(O)C(F)(F)F. The lowest BCUT2D eigenvalue weighted by Crippen LogP contribution is -2.60. The molecule has 0 unspecified atom stereocenters. The van der Waals surface area contributed by atoms with E-state index in [1.807, 2.05) is 0 Å². The van der Waals surface area contributed by atoms with E-state index in [-0.39, 0.29) is 25.5 Å². The van der Waals surface area contributed by atoms with Crippen molar-refractivity contribution >= 4 is 29.3 Å². The van der Waals surface area contributed by atoms with E-state index in [1.54, 1.807) is 0 Å². The lowest BCUT2D eigenvalue weighted by molar-refractivity contribution is -0.192. The largest absolute Gasteiger partial charge is 0.490 e. The van der Waals surface area contributed by atoms with Crippen LogP contribution < -0.4 is 15.8 Å². The summed E-state index contributed by atoms with van der Waals surface area (Å²) in [7, 11) is -5.27. The molecule has 2 atom stereocenters. The molecule has 0 aromatic carbocycles. The molecular weight excluding hydrogens is 440 g/mol. The van der Waals surface area contributed by atoms with Crippen LogP contribution in [0.25, 0.3) is 0 Å². The van der Waals surface area contributed by atoms with Gasteiger partial charge in [0.2, 0.25) is 0 Å². The van der Waals surface area contributed by atoms with E-state index in [0.29, 0.717) is 25.9 Å². The van der Waals surface area contributed by atoms with Crippen LogP contribution in [0.5, 0.6) is 0 Å². The van der Waals surface area contributed by atoms with Gasteiger partial charge in [0, 0.05) is 38.1 Å². The molecule has 17 heteroatoms. The van der Waals surface area contributed by atoms with E-state index < -0.39 is 46.9 Å². The van der Waals surface area contributed by atoms with Crippen molar-refractivity contribution in [3.8, 4) is 0 Å². The van der Waals surface area contributed by atoms with Gasteiger partial charge in [-0.25, -0.2) is 4.79 Å². The quantitative estimate of drug-likeness (QED) is 0.187. The van der Waals surface area contributed by atoms with Crippen molar-refractivity contribution in [3.63, 3.8) is 0 Å². The number of hydrogen-bond donors (Lipinski definition) is 7. The highest BCUT2D eigenvalue weighted by Crippen LogP contribution is 2.32. The molecule has 0 amide bonds. The summed E-state index contributed by atoms with van der Waals surface area (Å²) in [6.45, 7) is 0.777. The summed E-state index contributed by atoms with van der Waals surface area (Å²) in [6.07, 6.45) is -4.34. The number of nitrogens with two attached hydrogens (primary N) is 1. The van der Waals surface area contributed by atoms with Gasteiger partial charge in [-0.1, -0.05) is 6.42 Å². The van der Waals surface area contributed by atoms with Gasteiger partial charge in [-0.2, -0.15) is 30.6 Å². The van der Waals surface area contributed by atoms with Crippen LogP contribution in [0.15, 0.2) is 0 Å².